The normalized spacial score (nSPS) is 10.5. The van der Waals surface area contributed by atoms with E-state index in [0.717, 1.165) is 0 Å². The van der Waals surface area contributed by atoms with Gasteiger partial charge in [-0.2, -0.15) is 0 Å². The second kappa shape index (κ2) is 3.81. The van der Waals surface area contributed by atoms with Gasteiger partial charge in [-0.25, -0.2) is 19.6 Å². The monoisotopic (exact) mass is 236 g/mol. The first kappa shape index (κ1) is 11.0. The molecule has 0 radical (unpaired) electrons. The summed E-state index contributed by atoms with van der Waals surface area (Å²) in [6.45, 7) is 1.52. The van der Waals surface area contributed by atoms with Crippen molar-refractivity contribution in [1.82, 2.24) is 19.9 Å². The van der Waals surface area contributed by atoms with Crippen molar-refractivity contribution in [1.29, 1.82) is 0 Å². The van der Waals surface area contributed by atoms with E-state index in [-0.39, 0.29) is 22.6 Å². The SMILES string of the molecule is COC(=O)c1nc2[nH]c(=O)[nH]c(=O)c2nc1C. The van der Waals surface area contributed by atoms with Crippen LogP contribution in [0.15, 0.2) is 9.59 Å². The van der Waals surface area contributed by atoms with Crippen molar-refractivity contribution in [2.45, 2.75) is 6.92 Å². The molecule has 8 nitrogen and oxygen atoms in total. The standard InChI is InChI=1S/C9H8N4O4/c1-3-4(8(15)17-2)11-6-5(10-3)7(14)13-9(16)12-6/h1-2H3,(H2,11,12,13,14,16). The zero-order valence-electron chi connectivity index (χ0n) is 9.03. The first-order valence-corrected chi connectivity index (χ1v) is 4.62. The number of aromatic nitrogens is 4. The largest absolute Gasteiger partial charge is 0.464 e. The van der Waals surface area contributed by atoms with Crippen molar-refractivity contribution < 1.29 is 9.53 Å². The van der Waals surface area contributed by atoms with Crippen LogP contribution in [0.25, 0.3) is 11.2 Å². The van der Waals surface area contributed by atoms with Gasteiger partial charge < -0.3 is 4.74 Å². The van der Waals surface area contributed by atoms with Crippen LogP contribution in [0.2, 0.25) is 0 Å². The summed E-state index contributed by atoms with van der Waals surface area (Å²) in [6.07, 6.45) is 0. The van der Waals surface area contributed by atoms with E-state index in [4.69, 9.17) is 0 Å². The van der Waals surface area contributed by atoms with Crippen LogP contribution >= 0.6 is 0 Å². The van der Waals surface area contributed by atoms with Crippen molar-refractivity contribution in [3.63, 3.8) is 0 Å². The second-order valence-corrected chi connectivity index (χ2v) is 3.25. The molecule has 0 aromatic carbocycles. The average Bonchev–Trinajstić information content (AvgIpc) is 2.28. The van der Waals surface area contributed by atoms with Gasteiger partial charge in [0.2, 0.25) is 0 Å². The summed E-state index contributed by atoms with van der Waals surface area (Å²) >= 11 is 0. The molecule has 88 valence electrons. The third-order valence-electron chi connectivity index (χ3n) is 2.12. The fourth-order valence-electron chi connectivity index (χ4n) is 1.36. The maximum atomic E-state index is 11.4. The van der Waals surface area contributed by atoms with Crippen LogP contribution < -0.4 is 11.2 Å². The summed E-state index contributed by atoms with van der Waals surface area (Å²) in [5.41, 5.74) is -1.24. The highest BCUT2D eigenvalue weighted by Gasteiger charge is 2.15. The van der Waals surface area contributed by atoms with Crippen LogP contribution in [0, 0.1) is 6.92 Å². The van der Waals surface area contributed by atoms with E-state index in [0.29, 0.717) is 0 Å². The van der Waals surface area contributed by atoms with Crippen molar-refractivity contribution in [3.05, 3.63) is 32.2 Å². The molecule has 8 heteroatoms. The lowest BCUT2D eigenvalue weighted by Crippen LogP contribution is -2.24. The lowest BCUT2D eigenvalue weighted by Gasteiger charge is -2.03. The van der Waals surface area contributed by atoms with Gasteiger partial charge >= 0.3 is 11.7 Å². The van der Waals surface area contributed by atoms with Crippen molar-refractivity contribution >= 4 is 17.1 Å². The lowest BCUT2D eigenvalue weighted by molar-refractivity contribution is 0.0593. The molecule has 17 heavy (non-hydrogen) atoms. The molecule has 0 atom stereocenters. The molecule has 0 unspecified atom stereocenters. The number of aromatic amines is 2. The smallest absolute Gasteiger partial charge is 0.358 e. The topological polar surface area (TPSA) is 118 Å². The molecule has 2 aromatic rings. The minimum atomic E-state index is -0.712. The van der Waals surface area contributed by atoms with Crippen molar-refractivity contribution in [2.75, 3.05) is 7.11 Å². The predicted octanol–water partition coefficient (Wildman–Crippen LogP) is -0.899. The van der Waals surface area contributed by atoms with E-state index in [1.54, 1.807) is 0 Å². The molecule has 0 aliphatic rings. The maximum absolute atomic E-state index is 11.4. The Bertz CT molecular complexity index is 715. The quantitative estimate of drug-likeness (QED) is 0.619. The molecule has 0 aliphatic heterocycles. The summed E-state index contributed by atoms with van der Waals surface area (Å²) in [6, 6.07) is 0. The van der Waals surface area contributed by atoms with Crippen LogP contribution in [0.5, 0.6) is 0 Å². The fraction of sp³-hybridized carbons (Fsp3) is 0.222. The molecule has 0 amide bonds. The molecule has 2 rings (SSSR count). The van der Waals surface area contributed by atoms with E-state index in [9.17, 15) is 14.4 Å². The molecule has 0 aliphatic carbocycles. The first-order chi connectivity index (χ1) is 8.02. The molecule has 0 spiro atoms. The van der Waals surface area contributed by atoms with E-state index in [1.807, 2.05) is 4.98 Å². The molecule has 0 bridgehead atoms. The Morgan fingerprint density at radius 3 is 2.59 bits per heavy atom. The number of carbonyl (C=O) groups is 1. The van der Waals surface area contributed by atoms with Gasteiger partial charge in [0.25, 0.3) is 5.56 Å². The molecular formula is C9H8N4O4. The van der Waals surface area contributed by atoms with Gasteiger partial charge in [0, 0.05) is 0 Å². The van der Waals surface area contributed by atoms with Crippen LogP contribution in [0.4, 0.5) is 0 Å². The summed E-state index contributed by atoms with van der Waals surface area (Å²) in [5.74, 6) is -0.682. The Kier molecular flexibility index (Phi) is 2.47. The fourth-order valence-corrected chi connectivity index (χ4v) is 1.36. The number of rotatable bonds is 1. The van der Waals surface area contributed by atoms with Crippen molar-refractivity contribution in [2.24, 2.45) is 0 Å². The average molecular weight is 236 g/mol. The van der Waals surface area contributed by atoms with Gasteiger partial charge in [-0.05, 0) is 6.92 Å². The summed E-state index contributed by atoms with van der Waals surface area (Å²) in [7, 11) is 1.20. The maximum Gasteiger partial charge on any atom is 0.358 e. The predicted molar refractivity (Wildman–Crippen MR) is 56.9 cm³/mol. The number of hydrogen-bond acceptors (Lipinski definition) is 6. The number of hydrogen-bond donors (Lipinski definition) is 2. The lowest BCUT2D eigenvalue weighted by atomic mass is 10.3. The number of ether oxygens (including phenoxy) is 1. The van der Waals surface area contributed by atoms with Gasteiger partial charge in [-0.15, -0.1) is 0 Å². The Morgan fingerprint density at radius 1 is 1.24 bits per heavy atom. The minimum Gasteiger partial charge on any atom is -0.464 e. The summed E-state index contributed by atoms with van der Waals surface area (Å²) in [5, 5.41) is 0. The third kappa shape index (κ3) is 1.80. The van der Waals surface area contributed by atoms with Gasteiger partial charge in [0.1, 0.15) is 0 Å². The van der Waals surface area contributed by atoms with E-state index < -0.39 is 17.2 Å². The zero-order valence-corrected chi connectivity index (χ0v) is 9.03. The highest BCUT2D eigenvalue weighted by atomic mass is 16.5. The van der Waals surface area contributed by atoms with Gasteiger partial charge in [0.05, 0.1) is 12.8 Å². The van der Waals surface area contributed by atoms with E-state index in [1.165, 1.54) is 14.0 Å². The Balaban J connectivity index is 2.85. The molecule has 0 saturated heterocycles. The number of esters is 1. The van der Waals surface area contributed by atoms with E-state index >= 15 is 0 Å². The summed E-state index contributed by atoms with van der Waals surface area (Å²) in [4.78, 5) is 45.9. The molecule has 0 saturated carbocycles. The van der Waals surface area contributed by atoms with Gasteiger partial charge in [0.15, 0.2) is 16.9 Å². The Morgan fingerprint density at radius 2 is 1.94 bits per heavy atom. The van der Waals surface area contributed by atoms with Gasteiger partial charge in [-0.3, -0.25) is 14.8 Å². The first-order valence-electron chi connectivity index (χ1n) is 4.62. The van der Waals surface area contributed by atoms with Crippen LogP contribution in [-0.2, 0) is 4.74 Å². The number of H-pyrrole nitrogens is 2. The number of aryl methyl sites for hydroxylation is 1. The highest BCUT2D eigenvalue weighted by molar-refractivity contribution is 5.90. The number of nitrogens with zero attached hydrogens (tertiary/aromatic N) is 2. The third-order valence-corrected chi connectivity index (χ3v) is 2.12. The molecule has 2 heterocycles. The second-order valence-electron chi connectivity index (χ2n) is 3.25. The Labute approximate surface area is 93.7 Å². The Hall–Kier alpha value is -2.51. The summed E-state index contributed by atoms with van der Waals surface area (Å²) < 4.78 is 4.51. The van der Waals surface area contributed by atoms with Crippen LogP contribution in [0.1, 0.15) is 16.2 Å². The van der Waals surface area contributed by atoms with Crippen LogP contribution in [0.3, 0.4) is 0 Å². The molecular weight excluding hydrogens is 228 g/mol. The van der Waals surface area contributed by atoms with Gasteiger partial charge in [-0.1, -0.05) is 0 Å². The number of nitrogens with one attached hydrogen (secondary N) is 2. The molecule has 2 aromatic heterocycles. The zero-order chi connectivity index (χ0) is 12.6. The molecule has 2 N–H and O–H groups in total. The minimum absolute atomic E-state index is 0.0326. The number of carbonyl (C=O) groups excluding carboxylic acids is 1. The van der Waals surface area contributed by atoms with Crippen LogP contribution in [-0.4, -0.2) is 33.0 Å². The van der Waals surface area contributed by atoms with E-state index in [2.05, 4.69) is 19.7 Å². The number of fused-ring (bicyclic) bond motifs is 1. The molecule has 0 fully saturated rings. The number of methoxy groups -OCH3 is 1. The van der Waals surface area contributed by atoms with Crippen molar-refractivity contribution in [3.8, 4) is 0 Å². The highest BCUT2D eigenvalue weighted by Crippen LogP contribution is 2.06.